The van der Waals surface area contributed by atoms with Gasteiger partial charge in [0.15, 0.2) is 0 Å². The molecule has 0 atom stereocenters. The zero-order valence-electron chi connectivity index (χ0n) is 63.9. The molecule has 550 valence electrons. The second-order valence-electron chi connectivity index (χ2n) is 31.9. The first kappa shape index (κ1) is 89.4. The molecular weight excluding hydrogens is 1300 g/mol. The number of nitro groups is 6. The minimum atomic E-state index is -1.28. The Bertz CT molecular complexity index is 3960. The smallest absolute Gasteiger partial charge is 0.363 e. The number of carboxylic acids is 1. The second kappa shape index (κ2) is 37.7. The lowest BCUT2D eigenvalue weighted by atomic mass is 9.85. The summed E-state index contributed by atoms with van der Waals surface area (Å²) in [6, 6.07) is 39.5. The van der Waals surface area contributed by atoms with Crippen molar-refractivity contribution in [3.63, 3.8) is 0 Å². The van der Waals surface area contributed by atoms with Gasteiger partial charge >= 0.3 is 11.8 Å². The lowest BCUT2D eigenvalue weighted by Gasteiger charge is -2.19. The van der Waals surface area contributed by atoms with E-state index in [1.165, 1.54) is 48.3 Å². The summed E-state index contributed by atoms with van der Waals surface area (Å²) in [6.45, 7) is 50.7. The van der Waals surface area contributed by atoms with Crippen molar-refractivity contribution in [2.24, 2.45) is 0 Å². The molecule has 1 N–H and O–H groups in total. The number of nitro benzene ring substituents is 4. The molecule has 0 aliphatic heterocycles. The molecule has 0 aliphatic carbocycles. The third-order valence-corrected chi connectivity index (χ3v) is 14.8. The molecule has 8 rings (SSSR count). The van der Waals surface area contributed by atoms with Crippen LogP contribution in [0.15, 0.2) is 171 Å². The van der Waals surface area contributed by atoms with Gasteiger partial charge in [0.25, 0.3) is 28.4 Å². The fourth-order valence-electron chi connectivity index (χ4n) is 8.70. The Morgan fingerprint density at radius 1 is 0.324 bits per heavy atom. The topological polar surface area (TPSA) is 348 Å². The Morgan fingerprint density at radius 2 is 0.735 bits per heavy atom. The van der Waals surface area contributed by atoms with Crippen LogP contribution < -0.4 is 0 Å². The van der Waals surface area contributed by atoms with Gasteiger partial charge in [-0.25, -0.2) is 4.79 Å². The molecule has 4 aromatic heterocycles. The maximum Gasteiger partial charge on any atom is 0.363 e. The van der Waals surface area contributed by atoms with Crippen LogP contribution in [0.2, 0.25) is 0 Å². The number of aromatic carboxylic acids is 1. The highest BCUT2D eigenvalue weighted by Gasteiger charge is 2.27. The van der Waals surface area contributed by atoms with Crippen LogP contribution in [-0.4, -0.2) is 60.6 Å². The summed E-state index contributed by atoms with van der Waals surface area (Å²) < 4.78 is 0. The molecule has 4 heterocycles. The summed E-state index contributed by atoms with van der Waals surface area (Å²) in [5, 5.41) is 72.3. The average Bonchev–Trinajstić information content (AvgIpc) is 0.822. The molecule has 4 aromatic carbocycles. The maximum atomic E-state index is 10.9. The van der Waals surface area contributed by atoms with E-state index < -0.39 is 20.7 Å². The number of pyridine rings is 4. The molecule has 24 nitrogen and oxygen atoms in total. The molecule has 24 heteroatoms. The summed E-state index contributed by atoms with van der Waals surface area (Å²) in [6.07, 6.45) is 8.44. The summed E-state index contributed by atoms with van der Waals surface area (Å²) in [5.74, 6) is -1.37. The van der Waals surface area contributed by atoms with E-state index in [0.717, 1.165) is 44.8 Å². The van der Waals surface area contributed by atoms with Gasteiger partial charge in [-0.3, -0.25) is 65.5 Å². The summed E-state index contributed by atoms with van der Waals surface area (Å²) >= 11 is 0. The van der Waals surface area contributed by atoms with E-state index >= 15 is 0 Å². The van der Waals surface area contributed by atoms with Crippen LogP contribution >= 0.6 is 0 Å². The van der Waals surface area contributed by atoms with Gasteiger partial charge in [-0.15, -0.1) is 0 Å². The number of para-hydroxylation sites is 1. The number of carbonyl (C=O) groups is 1. The van der Waals surface area contributed by atoms with Gasteiger partial charge in [-0.2, -0.15) is 0 Å². The Labute approximate surface area is 600 Å². The van der Waals surface area contributed by atoms with Crippen molar-refractivity contribution in [1.82, 2.24) is 19.9 Å². The minimum absolute atomic E-state index is 0.0507. The molecule has 0 bridgehead atoms. The van der Waals surface area contributed by atoms with Crippen molar-refractivity contribution in [2.75, 3.05) is 0 Å². The minimum Gasteiger partial charge on any atom is -0.477 e. The van der Waals surface area contributed by atoms with E-state index in [0.29, 0.717) is 0 Å². The van der Waals surface area contributed by atoms with E-state index in [4.69, 9.17) is 5.11 Å². The SMILES string of the molecule is CC(C)(C)c1cc([N+](=O)[O-])ccn1.CC(C)(C)c1ccc([N+](=O)[O-])c(C(=O)O)c1.CC(C)(C)c1ccc([N+](=O)[O-])cc1.CC(C)(C)c1ccccc1[N+](=O)[O-].CC(C)(C)c1ccccn1.CC(C)(C)c1ccnc([N+](=O)[O-])c1.CC(C)(C)c1ccncc1.Cc1ccc(C(C)(C)C)c([N+](=O)[O-])c1. The maximum absolute atomic E-state index is 10.9. The number of hydrogen-bond acceptors (Lipinski definition) is 17. The van der Waals surface area contributed by atoms with Crippen LogP contribution in [0.5, 0.6) is 0 Å². The van der Waals surface area contributed by atoms with Crippen LogP contribution in [0.25, 0.3) is 0 Å². The van der Waals surface area contributed by atoms with Crippen LogP contribution in [-0.2, 0) is 43.3 Å². The standard InChI is InChI=1S/C11H13NO4.C11H15NO2.2C10H13NO2.2C9H12N2O2.2C9H13N/c1-11(2,3)7-4-5-9(12(15)16)8(6-7)10(13)14;1-8-5-6-9(11(2,3)4)10(7-8)12(13)14;1-10(2,3)8-4-6-9(7-5-8)11(12)13;1-10(2,3)8-6-4-5-7-9(8)11(12)13;1-9(2,3)8-6-7(11(12)13)4-5-10-8;1-9(2,3)7-4-5-10-8(6-7)11(12)13;1-9(2,3)8-4-6-10-7-5-8;1-9(2,3)8-6-4-5-7-10-8/h4-6H,1-3H3,(H,13,14);5-7H,1-4H3;2*4-7H,1-3H3;2*4-6H,1-3H3;2*4-7H,1-3H3. The van der Waals surface area contributed by atoms with Gasteiger partial charge in [0.2, 0.25) is 0 Å². The number of benzene rings is 4. The molecule has 8 aromatic rings. The van der Waals surface area contributed by atoms with E-state index in [1.807, 2.05) is 160 Å². The van der Waals surface area contributed by atoms with Crippen molar-refractivity contribution < 1.29 is 39.4 Å². The average molecular weight is 1410 g/mol. The highest BCUT2D eigenvalue weighted by Crippen LogP contribution is 2.34. The lowest BCUT2D eigenvalue weighted by Crippen LogP contribution is -2.13. The third-order valence-electron chi connectivity index (χ3n) is 14.8. The number of carboxylic acid groups (broad SMARTS) is 1. The van der Waals surface area contributed by atoms with Crippen molar-refractivity contribution in [3.8, 4) is 0 Å². The second-order valence-corrected chi connectivity index (χ2v) is 31.9. The molecule has 0 saturated carbocycles. The van der Waals surface area contributed by atoms with Crippen molar-refractivity contribution in [3.05, 3.63) is 287 Å². The monoisotopic (exact) mass is 1400 g/mol. The normalized spacial score (nSPS) is 11.3. The highest BCUT2D eigenvalue weighted by molar-refractivity contribution is 5.92. The number of aromatic nitrogens is 4. The molecule has 0 unspecified atom stereocenters. The zero-order valence-corrected chi connectivity index (χ0v) is 63.9. The lowest BCUT2D eigenvalue weighted by molar-refractivity contribution is -0.389. The first-order chi connectivity index (χ1) is 46.4. The van der Waals surface area contributed by atoms with Gasteiger partial charge < -0.3 is 15.2 Å². The molecule has 0 aliphatic rings. The Balaban J connectivity index is 0.000000585. The molecule has 0 fully saturated rings. The van der Waals surface area contributed by atoms with Crippen LogP contribution in [0.4, 0.5) is 34.3 Å². The number of non-ortho nitro benzene ring substituents is 1. The summed E-state index contributed by atoms with van der Waals surface area (Å²) in [5.41, 5.74) is 8.19. The largest absolute Gasteiger partial charge is 0.477 e. The fourth-order valence-corrected chi connectivity index (χ4v) is 8.70. The van der Waals surface area contributed by atoms with Crippen LogP contribution in [0, 0.1) is 67.6 Å². The van der Waals surface area contributed by atoms with Crippen LogP contribution in [0.3, 0.4) is 0 Å². The first-order valence-electron chi connectivity index (χ1n) is 32.7. The summed E-state index contributed by atoms with van der Waals surface area (Å²) in [4.78, 5) is 87.6. The van der Waals surface area contributed by atoms with E-state index in [1.54, 1.807) is 60.7 Å². The fraction of sp³-hybridized carbons (Fsp3) is 0.423. The number of nitrogens with zero attached hydrogens (tertiary/aromatic N) is 10. The Hall–Kier alpha value is -10.7. The highest BCUT2D eigenvalue weighted by atomic mass is 16.6. The zero-order chi connectivity index (χ0) is 78.9. The van der Waals surface area contributed by atoms with Crippen molar-refractivity contribution >= 4 is 40.2 Å². The molecule has 0 amide bonds. The van der Waals surface area contributed by atoms with E-state index in [-0.39, 0.29) is 97.9 Å². The number of aryl methyl sites for hydroxylation is 1. The van der Waals surface area contributed by atoms with E-state index in [9.17, 15) is 65.5 Å². The van der Waals surface area contributed by atoms with Crippen molar-refractivity contribution in [1.29, 1.82) is 0 Å². The third kappa shape index (κ3) is 31.7. The predicted octanol–water partition coefficient (Wildman–Crippen LogP) is 20.9. The van der Waals surface area contributed by atoms with Gasteiger partial charge in [0.1, 0.15) is 11.8 Å². The predicted molar refractivity (Wildman–Crippen MR) is 404 cm³/mol. The molecule has 0 spiro atoms. The Morgan fingerprint density at radius 3 is 1.12 bits per heavy atom. The quantitative estimate of drug-likeness (QED) is 0.114. The molecule has 102 heavy (non-hydrogen) atoms. The van der Waals surface area contributed by atoms with Crippen LogP contribution in [0.1, 0.15) is 227 Å². The van der Waals surface area contributed by atoms with Crippen molar-refractivity contribution in [2.45, 2.75) is 216 Å². The molecule has 0 radical (unpaired) electrons. The molecular formula is C78H104N10O14. The number of hydrogen-bond donors (Lipinski definition) is 1. The Kier molecular flexibility index (Phi) is 33.0. The van der Waals surface area contributed by atoms with E-state index in [2.05, 4.69) is 100 Å². The van der Waals surface area contributed by atoms with Gasteiger partial charge in [0, 0.05) is 101 Å². The van der Waals surface area contributed by atoms with Gasteiger partial charge in [-0.05, 0) is 114 Å². The van der Waals surface area contributed by atoms with Gasteiger partial charge in [-0.1, -0.05) is 221 Å². The van der Waals surface area contributed by atoms with Gasteiger partial charge in [0.05, 0.1) is 30.3 Å². The first-order valence-corrected chi connectivity index (χ1v) is 32.7. The molecule has 0 saturated heterocycles. The number of rotatable bonds is 7. The summed E-state index contributed by atoms with van der Waals surface area (Å²) in [7, 11) is 0.